The van der Waals surface area contributed by atoms with Crippen molar-refractivity contribution in [3.8, 4) is 0 Å². The Hall–Kier alpha value is -0.810. The Kier molecular flexibility index (Phi) is 10.7. The Balaban J connectivity index is 4.72. The monoisotopic (exact) mass is 380 g/mol. The lowest BCUT2D eigenvalue weighted by Crippen LogP contribution is -2.33. The number of hydrogen-bond donors (Lipinski definition) is 1. The van der Waals surface area contributed by atoms with Gasteiger partial charge in [-0.15, -0.1) is 0 Å². The van der Waals surface area contributed by atoms with Crippen molar-refractivity contribution in [1.82, 2.24) is 0 Å². The molecular formula is C18H31F2O4P. The van der Waals surface area contributed by atoms with Gasteiger partial charge in [0, 0.05) is 14.2 Å². The van der Waals surface area contributed by atoms with Crippen molar-refractivity contribution in [3.63, 3.8) is 0 Å². The van der Waals surface area contributed by atoms with Crippen LogP contribution in [-0.2, 0) is 13.6 Å². The van der Waals surface area contributed by atoms with Crippen molar-refractivity contribution < 1.29 is 27.5 Å². The maximum absolute atomic E-state index is 14.1. The molecule has 1 unspecified atom stereocenters. The fourth-order valence-electron chi connectivity index (χ4n) is 2.17. The summed E-state index contributed by atoms with van der Waals surface area (Å²) in [6.07, 6.45) is 6.16. The third-order valence-corrected chi connectivity index (χ3v) is 5.72. The van der Waals surface area contributed by atoms with Crippen LogP contribution in [-0.4, -0.2) is 31.1 Å². The smallest absolute Gasteiger partial charge is 0.382 e. The van der Waals surface area contributed by atoms with E-state index in [0.717, 1.165) is 33.1 Å². The van der Waals surface area contributed by atoms with E-state index in [1.807, 2.05) is 6.92 Å². The number of aliphatic hydroxyl groups is 1. The largest absolute Gasteiger partial charge is 0.402 e. The van der Waals surface area contributed by atoms with Crippen LogP contribution in [0.5, 0.6) is 0 Å². The van der Waals surface area contributed by atoms with Crippen LogP contribution in [0.2, 0.25) is 0 Å². The number of hydrogen-bond acceptors (Lipinski definition) is 4. The van der Waals surface area contributed by atoms with Gasteiger partial charge in [0.2, 0.25) is 0 Å². The molecule has 0 aromatic heterocycles. The number of allylic oxidation sites excluding steroid dienone is 5. The Labute approximate surface area is 150 Å². The van der Waals surface area contributed by atoms with E-state index in [1.54, 1.807) is 6.92 Å². The molecule has 146 valence electrons. The number of alkyl halides is 2. The molecule has 0 heterocycles. The molecule has 0 spiro atoms. The summed E-state index contributed by atoms with van der Waals surface area (Å²) in [5, 5.41) is 9.74. The average Bonchev–Trinajstić information content (AvgIpc) is 2.53. The second-order valence-corrected chi connectivity index (χ2v) is 8.64. The summed E-state index contributed by atoms with van der Waals surface area (Å²) in [5.41, 5.74) is -0.905. The summed E-state index contributed by atoms with van der Waals surface area (Å²) in [5.74, 6) is 0. The predicted molar refractivity (Wildman–Crippen MR) is 98.0 cm³/mol. The SMILES string of the molecule is COP(=O)(OC)C(F)(F)C(O)/C=C(\C)CC/C=C(\C)CCC=C(C)C. The molecular weight excluding hydrogens is 349 g/mol. The van der Waals surface area contributed by atoms with Gasteiger partial charge in [-0.3, -0.25) is 4.57 Å². The Morgan fingerprint density at radius 1 is 1.04 bits per heavy atom. The van der Waals surface area contributed by atoms with Gasteiger partial charge in [-0.2, -0.15) is 8.78 Å². The minimum atomic E-state index is -4.70. The molecule has 0 saturated carbocycles. The standard InChI is InChI=1S/C18H31F2O4P/c1-14(2)9-7-10-15(3)11-8-12-16(4)13-17(21)18(19,20)25(22,23-5)24-6/h9,11,13,17,21H,7-8,10,12H2,1-6H3/b15-11+,16-13+. The fraction of sp³-hybridized carbons (Fsp3) is 0.667. The lowest BCUT2D eigenvalue weighted by atomic mass is 10.1. The summed E-state index contributed by atoms with van der Waals surface area (Å²) in [6.45, 7) is 7.80. The summed E-state index contributed by atoms with van der Waals surface area (Å²) in [4.78, 5) is 0. The fourth-order valence-corrected chi connectivity index (χ4v) is 3.20. The summed E-state index contributed by atoms with van der Waals surface area (Å²) >= 11 is 0. The molecule has 25 heavy (non-hydrogen) atoms. The number of aliphatic hydroxyl groups excluding tert-OH is 1. The third-order valence-electron chi connectivity index (χ3n) is 3.77. The van der Waals surface area contributed by atoms with Crippen molar-refractivity contribution >= 4 is 7.60 Å². The predicted octanol–water partition coefficient (Wildman–Crippen LogP) is 5.85. The molecule has 1 atom stereocenters. The highest BCUT2D eigenvalue weighted by molar-refractivity contribution is 7.55. The molecule has 0 aliphatic carbocycles. The van der Waals surface area contributed by atoms with Gasteiger partial charge in [0.1, 0.15) is 6.10 Å². The molecule has 4 nitrogen and oxygen atoms in total. The van der Waals surface area contributed by atoms with Crippen LogP contribution in [0, 0.1) is 0 Å². The third kappa shape index (κ3) is 7.95. The molecule has 0 rings (SSSR count). The molecule has 0 aliphatic rings. The van der Waals surface area contributed by atoms with Gasteiger partial charge in [0.05, 0.1) is 0 Å². The first-order chi connectivity index (χ1) is 11.5. The lowest BCUT2D eigenvalue weighted by Gasteiger charge is -2.26. The van der Waals surface area contributed by atoms with Gasteiger partial charge in [-0.1, -0.05) is 34.9 Å². The highest BCUT2D eigenvalue weighted by atomic mass is 31.2. The maximum atomic E-state index is 14.1. The topological polar surface area (TPSA) is 55.8 Å². The molecule has 0 fully saturated rings. The van der Waals surface area contributed by atoms with Gasteiger partial charge >= 0.3 is 13.3 Å². The maximum Gasteiger partial charge on any atom is 0.402 e. The summed E-state index contributed by atoms with van der Waals surface area (Å²) in [7, 11) is -2.97. The Bertz CT molecular complexity index is 541. The van der Waals surface area contributed by atoms with E-state index in [2.05, 4.69) is 35.0 Å². The normalized spacial score (nSPS) is 15.2. The van der Waals surface area contributed by atoms with Crippen LogP contribution in [0.3, 0.4) is 0 Å². The molecule has 7 heteroatoms. The minimum absolute atomic E-state index is 0.525. The van der Waals surface area contributed by atoms with E-state index < -0.39 is 19.4 Å². The first-order valence-corrected chi connectivity index (χ1v) is 9.78. The highest BCUT2D eigenvalue weighted by Gasteiger charge is 2.57. The first kappa shape index (κ1) is 24.2. The lowest BCUT2D eigenvalue weighted by molar-refractivity contribution is -0.0400. The van der Waals surface area contributed by atoms with Gasteiger partial charge in [-0.05, 0) is 53.4 Å². The quantitative estimate of drug-likeness (QED) is 0.361. The molecule has 0 aromatic rings. The van der Waals surface area contributed by atoms with E-state index in [-0.39, 0.29) is 0 Å². The molecule has 0 saturated heterocycles. The first-order valence-electron chi connectivity index (χ1n) is 8.24. The zero-order chi connectivity index (χ0) is 19.7. The molecule has 0 bridgehead atoms. The van der Waals surface area contributed by atoms with E-state index in [0.29, 0.717) is 18.4 Å². The molecule has 0 aliphatic heterocycles. The van der Waals surface area contributed by atoms with E-state index in [1.165, 1.54) is 11.1 Å². The zero-order valence-electron chi connectivity index (χ0n) is 16.0. The Morgan fingerprint density at radius 3 is 2.00 bits per heavy atom. The van der Waals surface area contributed by atoms with Crippen molar-refractivity contribution in [2.24, 2.45) is 0 Å². The summed E-state index contributed by atoms with van der Waals surface area (Å²) < 4.78 is 48.6. The molecule has 0 radical (unpaired) electrons. The average molecular weight is 380 g/mol. The van der Waals surface area contributed by atoms with E-state index >= 15 is 0 Å². The minimum Gasteiger partial charge on any atom is -0.382 e. The van der Waals surface area contributed by atoms with Gasteiger partial charge in [0.15, 0.2) is 0 Å². The van der Waals surface area contributed by atoms with Crippen LogP contribution in [0.4, 0.5) is 8.78 Å². The zero-order valence-corrected chi connectivity index (χ0v) is 16.9. The van der Waals surface area contributed by atoms with Crippen molar-refractivity contribution in [2.75, 3.05) is 14.2 Å². The van der Waals surface area contributed by atoms with Crippen LogP contribution in [0.25, 0.3) is 0 Å². The van der Waals surface area contributed by atoms with Crippen LogP contribution in [0.1, 0.15) is 53.4 Å². The van der Waals surface area contributed by atoms with Crippen molar-refractivity contribution in [3.05, 3.63) is 34.9 Å². The van der Waals surface area contributed by atoms with Crippen molar-refractivity contribution in [1.29, 1.82) is 0 Å². The van der Waals surface area contributed by atoms with Crippen LogP contribution >= 0.6 is 7.60 Å². The molecule has 0 aromatic carbocycles. The molecule has 1 N–H and O–H groups in total. The van der Waals surface area contributed by atoms with Crippen LogP contribution < -0.4 is 0 Å². The number of rotatable bonds is 11. The van der Waals surface area contributed by atoms with Gasteiger partial charge in [-0.25, -0.2) is 0 Å². The highest BCUT2D eigenvalue weighted by Crippen LogP contribution is 2.62. The van der Waals surface area contributed by atoms with Gasteiger partial charge in [0.25, 0.3) is 0 Å². The number of halogens is 2. The second kappa shape index (κ2) is 11.0. The molecule has 0 amide bonds. The van der Waals surface area contributed by atoms with Crippen LogP contribution in [0.15, 0.2) is 34.9 Å². The van der Waals surface area contributed by atoms with E-state index in [4.69, 9.17) is 0 Å². The van der Waals surface area contributed by atoms with Gasteiger partial charge < -0.3 is 14.2 Å². The summed E-state index contributed by atoms with van der Waals surface area (Å²) in [6, 6.07) is 0. The van der Waals surface area contributed by atoms with Crippen molar-refractivity contribution in [2.45, 2.75) is 65.1 Å². The van der Waals surface area contributed by atoms with E-state index in [9.17, 15) is 18.5 Å². The Morgan fingerprint density at radius 2 is 1.52 bits per heavy atom. The second-order valence-electron chi connectivity index (χ2n) is 6.32.